The zero-order chi connectivity index (χ0) is 13.0. The van der Waals surface area contributed by atoms with Gasteiger partial charge in [0.15, 0.2) is 0 Å². The van der Waals surface area contributed by atoms with Crippen molar-refractivity contribution in [3.63, 3.8) is 0 Å². The van der Waals surface area contributed by atoms with Crippen molar-refractivity contribution in [3.05, 3.63) is 27.3 Å². The second-order valence-electron chi connectivity index (χ2n) is 4.45. The molecule has 0 bridgehead atoms. The molecule has 0 radical (unpaired) electrons. The normalized spacial score (nSPS) is 10.7. The lowest BCUT2D eigenvalue weighted by Gasteiger charge is -2.18. The monoisotopic (exact) mass is 255 g/mol. The fraction of sp³-hybridized carbons (Fsp3) is 0.571. The van der Waals surface area contributed by atoms with Gasteiger partial charge >= 0.3 is 0 Å². The smallest absolute Gasteiger partial charge is 0.140 e. The number of nitrogens with two attached hydrogens (primary N) is 1. The van der Waals surface area contributed by atoms with Crippen LogP contribution in [-0.2, 0) is 6.42 Å². The molecule has 0 saturated heterocycles. The highest BCUT2D eigenvalue weighted by Gasteiger charge is 2.15. The molecule has 0 aliphatic rings. The van der Waals surface area contributed by atoms with E-state index >= 15 is 0 Å². The van der Waals surface area contributed by atoms with Crippen molar-refractivity contribution in [3.8, 4) is 5.75 Å². The van der Waals surface area contributed by atoms with E-state index in [1.165, 1.54) is 11.1 Å². The van der Waals surface area contributed by atoms with Gasteiger partial charge < -0.3 is 10.5 Å². The van der Waals surface area contributed by atoms with Gasteiger partial charge in [-0.1, -0.05) is 11.6 Å². The number of hydrogen-bond donors (Lipinski definition) is 1. The van der Waals surface area contributed by atoms with Crippen LogP contribution in [0.5, 0.6) is 5.75 Å². The molecular formula is C14H22ClNO. The molecular weight excluding hydrogens is 234 g/mol. The van der Waals surface area contributed by atoms with Gasteiger partial charge in [-0.3, -0.25) is 0 Å². The van der Waals surface area contributed by atoms with E-state index in [2.05, 4.69) is 20.8 Å². The quantitative estimate of drug-likeness (QED) is 0.817. The van der Waals surface area contributed by atoms with Gasteiger partial charge in [-0.25, -0.2) is 0 Å². The summed E-state index contributed by atoms with van der Waals surface area (Å²) in [7, 11) is 1.67. The van der Waals surface area contributed by atoms with Crippen LogP contribution in [0.15, 0.2) is 0 Å². The van der Waals surface area contributed by atoms with Gasteiger partial charge in [-0.15, -0.1) is 0 Å². The van der Waals surface area contributed by atoms with Gasteiger partial charge in [0, 0.05) is 0 Å². The first-order valence-electron chi connectivity index (χ1n) is 6.06. The first-order chi connectivity index (χ1) is 8.04. The van der Waals surface area contributed by atoms with Crippen LogP contribution in [0.3, 0.4) is 0 Å². The molecule has 0 atom stereocenters. The number of halogens is 1. The molecule has 1 rings (SSSR count). The number of unbranched alkanes of at least 4 members (excludes halogenated alkanes) is 1. The highest BCUT2D eigenvalue weighted by molar-refractivity contribution is 6.33. The molecule has 1 aromatic carbocycles. The summed E-state index contributed by atoms with van der Waals surface area (Å²) >= 11 is 6.34. The van der Waals surface area contributed by atoms with Gasteiger partial charge in [0.05, 0.1) is 12.1 Å². The predicted octanol–water partition coefficient (Wildman–Crippen LogP) is 3.56. The summed E-state index contributed by atoms with van der Waals surface area (Å²) in [6, 6.07) is 0. The highest BCUT2D eigenvalue weighted by atomic mass is 35.5. The number of rotatable bonds is 5. The average Bonchev–Trinajstić information content (AvgIpc) is 2.32. The predicted molar refractivity (Wildman–Crippen MR) is 74.2 cm³/mol. The summed E-state index contributed by atoms with van der Waals surface area (Å²) in [6.07, 6.45) is 3.21. The summed E-state index contributed by atoms with van der Waals surface area (Å²) in [4.78, 5) is 0. The standard InChI is InChI=1S/C14H22ClNO/c1-9-10(2)14(17-4)13(15)11(3)12(9)7-5-6-8-16/h5-8,16H2,1-4H3. The number of methoxy groups -OCH3 is 1. The number of hydrogen-bond acceptors (Lipinski definition) is 2. The van der Waals surface area contributed by atoms with Crippen LogP contribution in [0.4, 0.5) is 0 Å². The van der Waals surface area contributed by atoms with E-state index in [1.54, 1.807) is 7.11 Å². The van der Waals surface area contributed by atoms with Crippen LogP contribution < -0.4 is 10.5 Å². The molecule has 0 spiro atoms. The minimum Gasteiger partial charge on any atom is -0.495 e. The molecule has 3 heteroatoms. The molecule has 0 unspecified atom stereocenters. The third-order valence-corrected chi connectivity index (χ3v) is 3.88. The fourth-order valence-electron chi connectivity index (χ4n) is 2.21. The molecule has 1 aromatic rings. The minimum atomic E-state index is 0.748. The lowest BCUT2D eigenvalue weighted by molar-refractivity contribution is 0.411. The van der Waals surface area contributed by atoms with E-state index in [4.69, 9.17) is 22.1 Å². The van der Waals surface area contributed by atoms with Crippen molar-refractivity contribution >= 4 is 11.6 Å². The molecule has 96 valence electrons. The topological polar surface area (TPSA) is 35.2 Å². The lowest BCUT2D eigenvalue weighted by Crippen LogP contribution is -2.04. The van der Waals surface area contributed by atoms with Crippen molar-refractivity contribution < 1.29 is 4.74 Å². The van der Waals surface area contributed by atoms with Crippen LogP contribution >= 0.6 is 11.6 Å². The molecule has 0 saturated carbocycles. The van der Waals surface area contributed by atoms with Crippen LogP contribution in [0.2, 0.25) is 5.02 Å². The summed E-state index contributed by atoms with van der Waals surface area (Å²) in [6.45, 7) is 7.01. The Labute approximate surface area is 109 Å². The van der Waals surface area contributed by atoms with Crippen LogP contribution in [0.1, 0.15) is 35.1 Å². The van der Waals surface area contributed by atoms with Gasteiger partial charge in [0.1, 0.15) is 5.75 Å². The van der Waals surface area contributed by atoms with Crippen LogP contribution in [-0.4, -0.2) is 13.7 Å². The summed E-state index contributed by atoms with van der Waals surface area (Å²) in [5.74, 6) is 0.809. The summed E-state index contributed by atoms with van der Waals surface area (Å²) < 4.78 is 5.37. The zero-order valence-corrected chi connectivity index (χ0v) is 11.9. The Morgan fingerprint density at radius 3 is 2.24 bits per heavy atom. The molecule has 0 aliphatic heterocycles. The molecule has 2 nitrogen and oxygen atoms in total. The minimum absolute atomic E-state index is 0.748. The molecule has 17 heavy (non-hydrogen) atoms. The first kappa shape index (κ1) is 14.3. The third-order valence-electron chi connectivity index (χ3n) is 3.42. The van der Waals surface area contributed by atoms with Crippen LogP contribution in [0, 0.1) is 20.8 Å². The molecule has 0 aromatic heterocycles. The van der Waals surface area contributed by atoms with E-state index in [0.717, 1.165) is 47.7 Å². The van der Waals surface area contributed by atoms with Gasteiger partial charge in [0.2, 0.25) is 0 Å². The van der Waals surface area contributed by atoms with E-state index < -0.39 is 0 Å². The largest absolute Gasteiger partial charge is 0.495 e. The van der Waals surface area contributed by atoms with Crippen molar-refractivity contribution in [2.24, 2.45) is 5.73 Å². The van der Waals surface area contributed by atoms with Gasteiger partial charge in [0.25, 0.3) is 0 Å². The molecule has 0 fully saturated rings. The highest BCUT2D eigenvalue weighted by Crippen LogP contribution is 2.37. The Balaban J connectivity index is 3.13. The van der Waals surface area contributed by atoms with E-state index in [9.17, 15) is 0 Å². The Bertz CT molecular complexity index is 373. The van der Waals surface area contributed by atoms with Crippen molar-refractivity contribution in [1.82, 2.24) is 0 Å². The second-order valence-corrected chi connectivity index (χ2v) is 4.82. The number of benzene rings is 1. The van der Waals surface area contributed by atoms with E-state index in [0.29, 0.717) is 0 Å². The Kier molecular flexibility index (Phi) is 5.29. The average molecular weight is 256 g/mol. The van der Waals surface area contributed by atoms with Crippen molar-refractivity contribution in [1.29, 1.82) is 0 Å². The second kappa shape index (κ2) is 6.27. The molecule has 2 N–H and O–H groups in total. The maximum atomic E-state index is 6.34. The number of ether oxygens (including phenoxy) is 1. The molecule has 0 amide bonds. The van der Waals surface area contributed by atoms with Gasteiger partial charge in [-0.2, -0.15) is 0 Å². The third kappa shape index (κ3) is 2.93. The fourth-order valence-corrected chi connectivity index (χ4v) is 2.54. The Morgan fingerprint density at radius 2 is 1.71 bits per heavy atom. The van der Waals surface area contributed by atoms with E-state index in [1.807, 2.05) is 0 Å². The lowest BCUT2D eigenvalue weighted by atomic mass is 9.93. The van der Waals surface area contributed by atoms with Crippen molar-refractivity contribution in [2.45, 2.75) is 40.0 Å². The van der Waals surface area contributed by atoms with Crippen molar-refractivity contribution in [2.75, 3.05) is 13.7 Å². The molecule has 0 heterocycles. The zero-order valence-electron chi connectivity index (χ0n) is 11.2. The maximum Gasteiger partial charge on any atom is 0.140 e. The summed E-state index contributed by atoms with van der Waals surface area (Å²) in [5, 5.41) is 0.748. The Hall–Kier alpha value is -0.730. The Morgan fingerprint density at radius 1 is 1.06 bits per heavy atom. The maximum absolute atomic E-state index is 6.34. The molecule has 0 aliphatic carbocycles. The SMILES string of the molecule is COc1c(C)c(C)c(CCCCN)c(C)c1Cl. The first-order valence-corrected chi connectivity index (χ1v) is 6.44. The van der Waals surface area contributed by atoms with Gasteiger partial charge in [-0.05, 0) is 68.8 Å². The summed E-state index contributed by atoms with van der Waals surface area (Å²) in [5.41, 5.74) is 10.5. The van der Waals surface area contributed by atoms with E-state index in [-0.39, 0.29) is 0 Å². The van der Waals surface area contributed by atoms with Crippen LogP contribution in [0.25, 0.3) is 0 Å².